The average molecular weight is 275 g/mol. The van der Waals surface area contributed by atoms with Gasteiger partial charge in [0.2, 0.25) is 0 Å². The van der Waals surface area contributed by atoms with Crippen LogP contribution in [0.2, 0.25) is 0 Å². The molecular formula is C12H9N3O3S. The highest BCUT2D eigenvalue weighted by molar-refractivity contribution is 8.13. The van der Waals surface area contributed by atoms with Crippen LogP contribution in [0.15, 0.2) is 18.3 Å². The van der Waals surface area contributed by atoms with Gasteiger partial charge >= 0.3 is 0 Å². The van der Waals surface area contributed by atoms with Gasteiger partial charge in [-0.05, 0) is 6.07 Å². The summed E-state index contributed by atoms with van der Waals surface area (Å²) < 4.78 is 0. The number of hydrogen-bond donors (Lipinski definition) is 1. The number of carbonyl (C=O) groups is 1. The number of rotatable bonds is 2. The van der Waals surface area contributed by atoms with Crippen molar-refractivity contribution in [3.05, 3.63) is 34.0 Å². The van der Waals surface area contributed by atoms with Crippen molar-refractivity contribution in [2.75, 3.05) is 5.75 Å². The Morgan fingerprint density at radius 3 is 3.05 bits per heavy atom. The first-order chi connectivity index (χ1) is 9.08. The molecule has 2 rings (SSSR count). The van der Waals surface area contributed by atoms with Crippen LogP contribution in [0.5, 0.6) is 0 Å². The molecule has 2 aromatic rings. The van der Waals surface area contributed by atoms with E-state index in [4.69, 9.17) is 0 Å². The lowest BCUT2D eigenvalue weighted by Gasteiger charge is -1.95. The number of benzene rings is 1. The minimum atomic E-state index is -0.465. The van der Waals surface area contributed by atoms with Crippen LogP contribution >= 0.6 is 11.8 Å². The summed E-state index contributed by atoms with van der Waals surface area (Å²) in [7, 11) is 0. The molecule has 0 saturated heterocycles. The topological polar surface area (TPSA) is 88.9 Å². The first-order valence-electron chi connectivity index (χ1n) is 5.31. The van der Waals surface area contributed by atoms with Crippen molar-refractivity contribution in [1.82, 2.24) is 10.2 Å². The minimum Gasteiger partial charge on any atom is -0.288 e. The molecule has 96 valence electrons. The number of H-pyrrole nitrogens is 1. The van der Waals surface area contributed by atoms with Crippen LogP contribution in [0.4, 0.5) is 5.69 Å². The van der Waals surface area contributed by atoms with Crippen LogP contribution in [-0.4, -0.2) is 26.0 Å². The van der Waals surface area contributed by atoms with Gasteiger partial charge in [0.25, 0.3) is 5.69 Å². The monoisotopic (exact) mass is 275 g/mol. The van der Waals surface area contributed by atoms with E-state index in [1.807, 2.05) is 0 Å². The fraction of sp³-hybridized carbons (Fsp3) is 0.167. The molecule has 0 bridgehead atoms. The molecule has 1 aromatic carbocycles. The van der Waals surface area contributed by atoms with Gasteiger partial charge in [0.05, 0.1) is 27.8 Å². The lowest BCUT2D eigenvalue weighted by molar-refractivity contribution is -0.383. The van der Waals surface area contributed by atoms with Crippen molar-refractivity contribution >= 4 is 33.5 Å². The second kappa shape index (κ2) is 5.54. The zero-order valence-corrected chi connectivity index (χ0v) is 10.8. The van der Waals surface area contributed by atoms with Gasteiger partial charge in [0, 0.05) is 18.6 Å². The lowest BCUT2D eigenvalue weighted by atomic mass is 10.1. The number of carbonyl (C=O) groups excluding carboxylic acids is 1. The van der Waals surface area contributed by atoms with Gasteiger partial charge in [-0.3, -0.25) is 20.0 Å². The molecule has 1 N–H and O–H groups in total. The Labute approximate surface area is 112 Å². The number of nitro benzene ring substituents is 1. The van der Waals surface area contributed by atoms with E-state index in [9.17, 15) is 14.9 Å². The van der Waals surface area contributed by atoms with Crippen LogP contribution in [0.1, 0.15) is 12.5 Å². The molecule has 0 spiro atoms. The highest BCUT2D eigenvalue weighted by Gasteiger charge is 2.14. The van der Waals surface area contributed by atoms with Crippen LogP contribution in [0, 0.1) is 22.0 Å². The summed E-state index contributed by atoms with van der Waals surface area (Å²) in [6.45, 7) is 1.47. The van der Waals surface area contributed by atoms with Crippen molar-refractivity contribution in [3.63, 3.8) is 0 Å². The second-order valence-electron chi connectivity index (χ2n) is 3.67. The summed E-state index contributed by atoms with van der Waals surface area (Å²) in [5.74, 6) is 5.96. The van der Waals surface area contributed by atoms with Crippen LogP contribution in [-0.2, 0) is 4.79 Å². The number of nitro groups is 1. The van der Waals surface area contributed by atoms with E-state index in [-0.39, 0.29) is 10.8 Å². The molecule has 0 amide bonds. The summed E-state index contributed by atoms with van der Waals surface area (Å²) in [5, 5.41) is 17.9. The van der Waals surface area contributed by atoms with Gasteiger partial charge in [-0.1, -0.05) is 23.6 Å². The minimum absolute atomic E-state index is 0.00991. The molecule has 0 aliphatic carbocycles. The predicted molar refractivity (Wildman–Crippen MR) is 72.8 cm³/mol. The van der Waals surface area contributed by atoms with Gasteiger partial charge in [0.1, 0.15) is 0 Å². The molecule has 0 saturated carbocycles. The highest BCUT2D eigenvalue weighted by atomic mass is 32.2. The van der Waals surface area contributed by atoms with E-state index in [1.165, 1.54) is 19.2 Å². The molecule has 1 heterocycles. The molecule has 6 nitrogen and oxygen atoms in total. The van der Waals surface area contributed by atoms with Gasteiger partial charge in [0.15, 0.2) is 5.12 Å². The normalized spacial score (nSPS) is 9.95. The Kier molecular flexibility index (Phi) is 3.82. The number of aromatic nitrogens is 2. The number of aromatic amines is 1. The Morgan fingerprint density at radius 2 is 2.37 bits per heavy atom. The molecule has 0 radical (unpaired) electrons. The quantitative estimate of drug-likeness (QED) is 0.515. The molecule has 0 unspecified atom stereocenters. The Hall–Kier alpha value is -2.33. The Balaban J connectivity index is 2.33. The van der Waals surface area contributed by atoms with E-state index in [1.54, 1.807) is 6.07 Å². The van der Waals surface area contributed by atoms with Gasteiger partial charge in [-0.2, -0.15) is 5.10 Å². The number of non-ortho nitro benzene ring substituents is 1. The van der Waals surface area contributed by atoms with E-state index in [2.05, 4.69) is 22.0 Å². The summed E-state index contributed by atoms with van der Waals surface area (Å²) >= 11 is 1.10. The first-order valence-corrected chi connectivity index (χ1v) is 6.30. The van der Waals surface area contributed by atoms with Crippen molar-refractivity contribution in [2.45, 2.75) is 6.92 Å². The predicted octanol–water partition coefficient (Wildman–Crippen LogP) is 2.10. The van der Waals surface area contributed by atoms with Crippen molar-refractivity contribution in [3.8, 4) is 11.8 Å². The largest absolute Gasteiger partial charge is 0.288 e. The van der Waals surface area contributed by atoms with Gasteiger partial charge in [-0.15, -0.1) is 0 Å². The molecule has 7 heteroatoms. The Bertz CT molecular complexity index is 712. The van der Waals surface area contributed by atoms with Gasteiger partial charge in [-0.25, -0.2) is 0 Å². The number of thioether (sulfide) groups is 1. The maximum atomic E-state index is 11.0. The summed E-state index contributed by atoms with van der Waals surface area (Å²) in [6, 6.07) is 3.10. The van der Waals surface area contributed by atoms with Crippen LogP contribution < -0.4 is 0 Å². The SMILES string of the molecule is CC(=O)SCC#Cc1cc([N+](=O)[O-])c2cn[nH]c2c1. The molecule has 1 aromatic heterocycles. The third-order valence-electron chi connectivity index (χ3n) is 2.31. The first kappa shape index (κ1) is 13.1. The zero-order chi connectivity index (χ0) is 13.8. The second-order valence-corrected chi connectivity index (χ2v) is 4.82. The Morgan fingerprint density at radius 1 is 1.58 bits per heavy atom. The zero-order valence-electron chi connectivity index (χ0n) is 9.97. The summed E-state index contributed by atoms with van der Waals surface area (Å²) in [5.41, 5.74) is 1.06. The molecule has 0 aliphatic rings. The maximum absolute atomic E-state index is 11.0. The van der Waals surface area contributed by atoms with Crippen LogP contribution in [0.3, 0.4) is 0 Å². The maximum Gasteiger partial charge on any atom is 0.281 e. The standard InChI is InChI=1S/C12H9N3O3S/c1-8(16)19-4-2-3-9-5-11-10(7-13-14-11)12(6-9)15(17)18/h5-7H,4H2,1H3,(H,13,14). The third kappa shape index (κ3) is 3.11. The van der Waals surface area contributed by atoms with Gasteiger partial charge < -0.3 is 0 Å². The highest BCUT2D eigenvalue weighted by Crippen LogP contribution is 2.25. The number of nitrogens with zero attached hydrogens (tertiary/aromatic N) is 2. The van der Waals surface area contributed by atoms with Crippen molar-refractivity contribution in [2.24, 2.45) is 0 Å². The molecule has 0 atom stereocenters. The van der Waals surface area contributed by atoms with Crippen molar-refractivity contribution in [1.29, 1.82) is 0 Å². The fourth-order valence-corrected chi connectivity index (χ4v) is 1.88. The van der Waals surface area contributed by atoms with E-state index in [0.717, 1.165) is 11.8 Å². The average Bonchev–Trinajstić information content (AvgIpc) is 2.81. The molecule has 0 fully saturated rings. The molecule has 19 heavy (non-hydrogen) atoms. The van der Waals surface area contributed by atoms with E-state index in [0.29, 0.717) is 22.2 Å². The third-order valence-corrected chi connectivity index (χ3v) is 3.01. The molecular weight excluding hydrogens is 266 g/mol. The fourth-order valence-electron chi connectivity index (χ4n) is 1.53. The number of fused-ring (bicyclic) bond motifs is 1. The summed E-state index contributed by atoms with van der Waals surface area (Å²) in [6.07, 6.45) is 1.41. The van der Waals surface area contributed by atoms with Crippen LogP contribution in [0.25, 0.3) is 10.9 Å². The number of nitrogens with one attached hydrogen (secondary N) is 1. The lowest BCUT2D eigenvalue weighted by Crippen LogP contribution is -1.90. The van der Waals surface area contributed by atoms with E-state index >= 15 is 0 Å². The van der Waals surface area contributed by atoms with Crippen molar-refractivity contribution < 1.29 is 9.72 Å². The number of hydrogen-bond acceptors (Lipinski definition) is 5. The summed E-state index contributed by atoms with van der Waals surface area (Å²) in [4.78, 5) is 21.2. The molecule has 0 aliphatic heterocycles. The van der Waals surface area contributed by atoms with E-state index < -0.39 is 4.92 Å². The smallest absolute Gasteiger partial charge is 0.281 e.